The molecule has 0 fully saturated rings. The van der Waals surface area contributed by atoms with E-state index >= 15 is 0 Å². The molecular weight excluding hydrogens is 947 g/mol. The number of ketones is 9. The van der Waals surface area contributed by atoms with Gasteiger partial charge >= 0.3 is 12.1 Å². The molecule has 72 heavy (non-hydrogen) atoms. The molecule has 0 heterocycles. The second-order valence-corrected chi connectivity index (χ2v) is 16.7. The molecule has 4 N–H and O–H groups in total. The van der Waals surface area contributed by atoms with Crippen LogP contribution in [0.4, 0.5) is 16.2 Å². The lowest BCUT2D eigenvalue weighted by Gasteiger charge is -2.18. The first kappa shape index (κ1) is 60.1. The number of rotatable bonds is 35. The van der Waals surface area contributed by atoms with E-state index in [1.165, 1.54) is 45.0 Å². The third-order valence-electron chi connectivity index (χ3n) is 10.7. The molecular formula is C49H59N5O18. The van der Waals surface area contributed by atoms with E-state index in [1.54, 1.807) is 0 Å². The number of methoxy groups -OCH3 is 1. The number of alkyl carbamates (subject to hydrolysis) is 1. The predicted molar refractivity (Wildman–Crippen MR) is 252 cm³/mol. The average molecular weight is 1010 g/mol. The van der Waals surface area contributed by atoms with Crippen molar-refractivity contribution in [1.82, 2.24) is 16.0 Å². The van der Waals surface area contributed by atoms with Gasteiger partial charge in [0.2, 0.25) is 17.7 Å². The fraction of sp³-hybridized carbons (Fsp3) is 0.469. The summed E-state index contributed by atoms with van der Waals surface area (Å²) in [6, 6.07) is 7.11. The number of Topliss-reactive ketones (excluding diaryl/α,β-unsaturated/α-hetero) is 9. The van der Waals surface area contributed by atoms with Crippen molar-refractivity contribution in [1.29, 1.82) is 0 Å². The largest absolute Gasteiger partial charge is 0.453 e. The highest BCUT2D eigenvalue weighted by atomic mass is 16.6. The maximum atomic E-state index is 13.5. The number of anilines is 1. The smallest absolute Gasteiger partial charge is 0.407 e. The minimum atomic E-state index is -1.86. The van der Waals surface area contributed by atoms with E-state index in [0.29, 0.717) is 0 Å². The number of ether oxygens (including phenoxy) is 2. The molecule has 0 aliphatic rings. The Balaban J connectivity index is 1.89. The van der Waals surface area contributed by atoms with E-state index in [-0.39, 0.29) is 160 Å². The zero-order chi connectivity index (χ0) is 53.9. The number of nitro benzene ring substituents is 1. The molecule has 0 aliphatic heterocycles. The monoisotopic (exact) mass is 1010 g/mol. The molecule has 23 nitrogen and oxygen atoms in total. The molecule has 2 aromatic rings. The minimum absolute atomic E-state index is 0.00648. The summed E-state index contributed by atoms with van der Waals surface area (Å²) >= 11 is 0. The third kappa shape index (κ3) is 23.6. The molecule has 1 unspecified atom stereocenters. The first-order valence-corrected chi connectivity index (χ1v) is 22.9. The third-order valence-corrected chi connectivity index (χ3v) is 10.7. The van der Waals surface area contributed by atoms with E-state index in [0.717, 1.165) is 31.4 Å². The van der Waals surface area contributed by atoms with Crippen LogP contribution in [-0.4, -0.2) is 112 Å². The van der Waals surface area contributed by atoms with Crippen molar-refractivity contribution in [2.75, 3.05) is 19.0 Å². The van der Waals surface area contributed by atoms with Crippen LogP contribution in [0.3, 0.4) is 0 Å². The topological polar surface area (TPSA) is 349 Å². The van der Waals surface area contributed by atoms with Gasteiger partial charge in [0.15, 0.2) is 0 Å². The van der Waals surface area contributed by atoms with Crippen LogP contribution in [0.15, 0.2) is 48.5 Å². The number of amides is 4. The summed E-state index contributed by atoms with van der Waals surface area (Å²) in [5.41, 5.74) is -0.245. The van der Waals surface area contributed by atoms with Gasteiger partial charge in [0.25, 0.3) is 11.5 Å². The zero-order valence-electron chi connectivity index (χ0n) is 40.5. The molecule has 0 bridgehead atoms. The van der Waals surface area contributed by atoms with Crippen molar-refractivity contribution in [3.05, 3.63) is 64.2 Å². The van der Waals surface area contributed by atoms with Crippen molar-refractivity contribution in [3.63, 3.8) is 0 Å². The Kier molecular flexibility index (Phi) is 26.1. The Morgan fingerprint density at radius 2 is 0.931 bits per heavy atom. The average Bonchev–Trinajstić information content (AvgIpc) is 3.34. The molecule has 2 rings (SSSR count). The maximum Gasteiger partial charge on any atom is 0.407 e. The normalized spacial score (nSPS) is 11.8. The van der Waals surface area contributed by atoms with E-state index in [1.807, 2.05) is 0 Å². The van der Waals surface area contributed by atoms with Gasteiger partial charge in [0.1, 0.15) is 70.0 Å². The number of nitrogens with one attached hydrogen (secondary N) is 4. The summed E-state index contributed by atoms with van der Waals surface area (Å²) in [5, 5.41) is 20.6. The summed E-state index contributed by atoms with van der Waals surface area (Å²) in [4.78, 5) is 184. The van der Waals surface area contributed by atoms with Gasteiger partial charge in [-0.2, -0.15) is 0 Å². The first-order chi connectivity index (χ1) is 34.0. The fourth-order valence-corrected chi connectivity index (χ4v) is 6.34. The van der Waals surface area contributed by atoms with Crippen LogP contribution in [0.2, 0.25) is 0 Å². The van der Waals surface area contributed by atoms with Crippen molar-refractivity contribution in [2.24, 2.45) is 0 Å². The van der Waals surface area contributed by atoms with Gasteiger partial charge < -0.3 is 35.5 Å². The molecule has 4 amide bonds. The number of non-ortho nitro benzene ring substituents is 1. The molecule has 0 spiro atoms. The van der Waals surface area contributed by atoms with Gasteiger partial charge in [-0.1, -0.05) is 12.1 Å². The van der Waals surface area contributed by atoms with Crippen molar-refractivity contribution in [3.8, 4) is 5.75 Å². The Labute approximate surface area is 413 Å². The molecule has 0 saturated heterocycles. The van der Waals surface area contributed by atoms with Crippen LogP contribution in [0.25, 0.3) is 0 Å². The highest BCUT2D eigenvalue weighted by Crippen LogP contribution is 2.23. The summed E-state index contributed by atoms with van der Waals surface area (Å²) in [6.45, 7) is 3.77. The first-order valence-electron chi connectivity index (χ1n) is 22.9. The van der Waals surface area contributed by atoms with Crippen LogP contribution in [-0.2, 0) is 67.1 Å². The van der Waals surface area contributed by atoms with Crippen molar-refractivity contribution < 1.29 is 81.5 Å². The highest BCUT2D eigenvalue weighted by molar-refractivity contribution is 6.40. The van der Waals surface area contributed by atoms with Gasteiger partial charge in [0, 0.05) is 121 Å². The number of hydrogen-bond donors (Lipinski definition) is 4. The van der Waals surface area contributed by atoms with Gasteiger partial charge in [-0.15, -0.1) is 0 Å². The number of nitrogens with zero attached hydrogens (tertiary/aromatic N) is 1. The van der Waals surface area contributed by atoms with Crippen LogP contribution in [0, 0.1) is 10.1 Å². The number of benzene rings is 2. The summed E-state index contributed by atoms with van der Waals surface area (Å²) in [6.07, 6.45) is -2.58. The Morgan fingerprint density at radius 3 is 1.33 bits per heavy atom. The van der Waals surface area contributed by atoms with Gasteiger partial charge in [-0.3, -0.25) is 62.9 Å². The standard InChI is InChI=1S/C49H59N5O18/c1-29(55)5-12-35(56)13-14-36(57)15-16-37(58)17-18-38(59)19-20-39(60)21-22-40(61)23-24-41(62)27-28-50-47(66)43(44(63)48(67)72-42-25-10-34(11-26-42)54(69)70)32-6-8-33(9-7-32)53-46(65)30(2)51-45(64)31(3)52-49(68)71-4/h6-11,25-26,30-31,43H,5,12-24,27-28H2,1-4H3,(H,50,66)(H,51,64)(H,52,68)(H,53,65)/t30-,31-,43?/m0/s1. The van der Waals surface area contributed by atoms with E-state index in [4.69, 9.17) is 4.74 Å². The Bertz CT molecular complexity index is 2380. The molecule has 2 aromatic carbocycles. The molecule has 0 saturated carbocycles. The molecule has 23 heteroatoms. The summed E-state index contributed by atoms with van der Waals surface area (Å²) in [7, 11) is 1.11. The number of carbonyl (C=O) groups is 14. The fourth-order valence-electron chi connectivity index (χ4n) is 6.34. The van der Waals surface area contributed by atoms with E-state index < -0.39 is 70.1 Å². The van der Waals surface area contributed by atoms with Crippen LogP contribution in [0.1, 0.15) is 129 Å². The van der Waals surface area contributed by atoms with E-state index in [2.05, 4.69) is 26.0 Å². The molecule has 0 aliphatic carbocycles. The van der Waals surface area contributed by atoms with Gasteiger partial charge in [0.05, 0.1) is 12.0 Å². The lowest BCUT2D eigenvalue weighted by molar-refractivity contribution is -0.384. The SMILES string of the molecule is COC(=O)N[C@@H](C)C(=O)N[C@@H](C)C(=O)Nc1ccc(C(C(=O)NCCC(=O)CCC(=O)CCC(=O)CCC(=O)CCC(=O)CCC(=O)CCC(=O)CCC(C)=O)C(=O)C(=O)Oc2ccc([N+](=O)[O-])cc2)cc1. The second kappa shape index (κ2) is 31.3. The zero-order valence-corrected chi connectivity index (χ0v) is 40.5. The van der Waals surface area contributed by atoms with Crippen LogP contribution >= 0.6 is 0 Å². The molecule has 0 radical (unpaired) electrons. The molecule has 388 valence electrons. The van der Waals surface area contributed by atoms with Crippen molar-refractivity contribution in [2.45, 2.75) is 135 Å². The van der Waals surface area contributed by atoms with Gasteiger partial charge in [-0.05, 0) is 50.6 Å². The molecule has 3 atom stereocenters. The molecule has 0 aromatic heterocycles. The van der Waals surface area contributed by atoms with Crippen LogP contribution < -0.4 is 26.0 Å². The number of nitro groups is 1. The summed E-state index contributed by atoms with van der Waals surface area (Å²) in [5.74, 6) is -9.94. The minimum Gasteiger partial charge on any atom is -0.453 e. The lowest BCUT2D eigenvalue weighted by atomic mass is 9.93. The van der Waals surface area contributed by atoms with E-state index in [9.17, 15) is 77.2 Å². The Hall–Kier alpha value is -7.98. The maximum absolute atomic E-state index is 13.5. The number of carbonyl (C=O) groups excluding carboxylic acids is 14. The highest BCUT2D eigenvalue weighted by Gasteiger charge is 2.35. The number of hydrogen-bond acceptors (Lipinski definition) is 18. The quantitative estimate of drug-likeness (QED) is 0.0191. The number of esters is 1. The van der Waals surface area contributed by atoms with Gasteiger partial charge in [-0.25, -0.2) is 9.59 Å². The summed E-state index contributed by atoms with van der Waals surface area (Å²) < 4.78 is 9.53. The predicted octanol–water partition coefficient (Wildman–Crippen LogP) is 3.58. The van der Waals surface area contributed by atoms with Crippen molar-refractivity contribution >= 4 is 93.2 Å². The van der Waals surface area contributed by atoms with Crippen LogP contribution in [0.5, 0.6) is 5.75 Å². The lowest BCUT2D eigenvalue weighted by Crippen LogP contribution is -2.50. The second-order valence-electron chi connectivity index (χ2n) is 16.7. The Morgan fingerprint density at radius 1 is 0.528 bits per heavy atom.